The molecule has 0 amide bonds. The van der Waals surface area contributed by atoms with Gasteiger partial charge in [0.2, 0.25) is 0 Å². The van der Waals surface area contributed by atoms with Gasteiger partial charge in [-0.25, -0.2) is 0 Å². The van der Waals surface area contributed by atoms with E-state index in [4.69, 9.17) is 0 Å². The predicted octanol–water partition coefficient (Wildman–Crippen LogP) is 3.06. The molecule has 4 nitrogen and oxygen atoms in total. The molecule has 0 aromatic heterocycles. The van der Waals surface area contributed by atoms with Crippen molar-refractivity contribution in [3.8, 4) is 5.75 Å². The van der Waals surface area contributed by atoms with Gasteiger partial charge in [-0.1, -0.05) is 32.0 Å². The maximum Gasteiger partial charge on any atom is 0.573 e. The lowest BCUT2D eigenvalue weighted by molar-refractivity contribution is -0.275. The number of benzene rings is 1. The van der Waals surface area contributed by atoms with Gasteiger partial charge in [0.05, 0.1) is 19.1 Å². The number of aliphatic hydroxyl groups excluding tert-OH is 1. The van der Waals surface area contributed by atoms with Gasteiger partial charge in [-0.05, 0) is 12.0 Å². The van der Waals surface area contributed by atoms with E-state index in [-0.39, 0.29) is 11.5 Å². The van der Waals surface area contributed by atoms with Crippen LogP contribution in [-0.4, -0.2) is 24.5 Å². The van der Waals surface area contributed by atoms with Crippen LogP contribution in [0, 0.1) is 11.8 Å². The number of hydrogen-bond donors (Lipinski definition) is 1. The monoisotopic (exact) mass is 306 g/mol. The predicted molar refractivity (Wildman–Crippen MR) is 68.4 cm³/mol. The molecule has 0 fully saturated rings. The average molecular weight is 306 g/mol. The number of carbonyl (C=O) groups is 1. The number of methoxy groups -OCH3 is 1. The second-order valence-electron chi connectivity index (χ2n) is 4.82. The average Bonchev–Trinajstić information content (AvgIpc) is 2.36. The number of rotatable bonds is 5. The van der Waals surface area contributed by atoms with Gasteiger partial charge in [-0.3, -0.25) is 4.79 Å². The number of hydrogen-bond acceptors (Lipinski definition) is 4. The quantitative estimate of drug-likeness (QED) is 0.850. The van der Waals surface area contributed by atoms with E-state index in [1.54, 1.807) is 13.8 Å². The summed E-state index contributed by atoms with van der Waals surface area (Å²) in [4.78, 5) is 11.7. The highest BCUT2D eigenvalue weighted by atomic mass is 19.4. The molecule has 1 rings (SSSR count). The second-order valence-corrected chi connectivity index (χ2v) is 4.82. The van der Waals surface area contributed by atoms with Crippen molar-refractivity contribution in [2.24, 2.45) is 11.8 Å². The Morgan fingerprint density at radius 1 is 1.24 bits per heavy atom. The van der Waals surface area contributed by atoms with Crippen LogP contribution in [-0.2, 0) is 9.53 Å². The molecule has 0 saturated carbocycles. The maximum atomic E-state index is 12.4. The summed E-state index contributed by atoms with van der Waals surface area (Å²) >= 11 is 0. The Kier molecular flexibility index (Phi) is 5.60. The SMILES string of the molecule is COC(=O)C(C(C)C)C(O)c1ccccc1OC(F)(F)F. The highest BCUT2D eigenvalue weighted by Gasteiger charge is 2.36. The molecule has 1 aromatic rings. The van der Waals surface area contributed by atoms with Crippen LogP contribution in [0.3, 0.4) is 0 Å². The molecule has 0 aliphatic rings. The molecule has 0 bridgehead atoms. The summed E-state index contributed by atoms with van der Waals surface area (Å²) in [6, 6.07) is 5.17. The summed E-state index contributed by atoms with van der Waals surface area (Å²) in [6.07, 6.45) is -6.34. The van der Waals surface area contributed by atoms with E-state index in [9.17, 15) is 23.1 Å². The van der Waals surface area contributed by atoms with Gasteiger partial charge < -0.3 is 14.6 Å². The van der Waals surface area contributed by atoms with Crippen LogP contribution in [0.5, 0.6) is 5.75 Å². The van der Waals surface area contributed by atoms with Crippen molar-refractivity contribution < 1.29 is 32.5 Å². The first kappa shape index (κ1) is 17.3. The Balaban J connectivity index is 3.16. The van der Waals surface area contributed by atoms with Crippen LogP contribution in [0.25, 0.3) is 0 Å². The van der Waals surface area contributed by atoms with Crippen molar-refractivity contribution in [1.82, 2.24) is 0 Å². The molecule has 0 heterocycles. The lowest BCUT2D eigenvalue weighted by Crippen LogP contribution is -2.29. The fraction of sp³-hybridized carbons (Fsp3) is 0.500. The maximum absolute atomic E-state index is 12.4. The molecule has 7 heteroatoms. The first-order chi connectivity index (χ1) is 9.67. The lowest BCUT2D eigenvalue weighted by Gasteiger charge is -2.25. The fourth-order valence-corrected chi connectivity index (χ4v) is 2.04. The minimum Gasteiger partial charge on any atom is -0.469 e. The van der Waals surface area contributed by atoms with E-state index in [1.165, 1.54) is 18.2 Å². The van der Waals surface area contributed by atoms with Crippen molar-refractivity contribution in [2.45, 2.75) is 26.3 Å². The van der Waals surface area contributed by atoms with Gasteiger partial charge in [0.25, 0.3) is 0 Å². The first-order valence-electron chi connectivity index (χ1n) is 6.28. The fourth-order valence-electron chi connectivity index (χ4n) is 2.04. The van der Waals surface area contributed by atoms with E-state index >= 15 is 0 Å². The number of halogens is 3. The summed E-state index contributed by atoms with van der Waals surface area (Å²) in [5.74, 6) is -2.55. The molecule has 0 spiro atoms. The van der Waals surface area contributed by atoms with Crippen LogP contribution in [0.2, 0.25) is 0 Å². The Morgan fingerprint density at radius 2 is 1.81 bits per heavy atom. The molecule has 21 heavy (non-hydrogen) atoms. The summed E-state index contributed by atoms with van der Waals surface area (Å²) in [6.45, 7) is 3.33. The molecule has 2 unspecified atom stereocenters. The minimum atomic E-state index is -4.88. The number of aliphatic hydroxyl groups is 1. The van der Waals surface area contributed by atoms with Crippen LogP contribution >= 0.6 is 0 Å². The van der Waals surface area contributed by atoms with Crippen LogP contribution in [0.4, 0.5) is 13.2 Å². The highest BCUT2D eigenvalue weighted by molar-refractivity contribution is 5.73. The number of ether oxygens (including phenoxy) is 2. The van der Waals surface area contributed by atoms with Gasteiger partial charge >= 0.3 is 12.3 Å². The van der Waals surface area contributed by atoms with Crippen LogP contribution < -0.4 is 4.74 Å². The van der Waals surface area contributed by atoms with Gasteiger partial charge in [0.1, 0.15) is 5.75 Å². The highest BCUT2D eigenvalue weighted by Crippen LogP contribution is 2.36. The molecular formula is C14H17F3O4. The first-order valence-corrected chi connectivity index (χ1v) is 6.28. The summed E-state index contributed by atoms with van der Waals surface area (Å²) < 4.78 is 45.6. The molecule has 0 saturated heterocycles. The van der Waals surface area contributed by atoms with Crippen molar-refractivity contribution >= 4 is 5.97 Å². The standard InChI is InChI=1S/C14H17F3O4/c1-8(2)11(13(19)20-3)12(18)9-6-4-5-7-10(9)21-14(15,16)17/h4-8,11-12,18H,1-3H3. The summed E-state index contributed by atoms with van der Waals surface area (Å²) in [5.41, 5.74) is -0.112. The molecule has 1 N–H and O–H groups in total. The molecular weight excluding hydrogens is 289 g/mol. The van der Waals surface area contributed by atoms with Gasteiger partial charge in [0.15, 0.2) is 0 Å². The van der Waals surface area contributed by atoms with E-state index in [0.717, 1.165) is 13.2 Å². The largest absolute Gasteiger partial charge is 0.573 e. The zero-order valence-corrected chi connectivity index (χ0v) is 11.8. The zero-order chi connectivity index (χ0) is 16.2. The number of esters is 1. The molecule has 118 valence electrons. The number of alkyl halides is 3. The van der Waals surface area contributed by atoms with Gasteiger partial charge in [-0.2, -0.15) is 0 Å². The number of carbonyl (C=O) groups excluding carboxylic acids is 1. The molecule has 0 radical (unpaired) electrons. The van der Waals surface area contributed by atoms with Gasteiger partial charge in [-0.15, -0.1) is 13.2 Å². The van der Waals surface area contributed by atoms with Crippen molar-refractivity contribution in [2.75, 3.05) is 7.11 Å². The van der Waals surface area contributed by atoms with Crippen molar-refractivity contribution in [3.05, 3.63) is 29.8 Å². The van der Waals surface area contributed by atoms with Crippen molar-refractivity contribution in [1.29, 1.82) is 0 Å². The lowest BCUT2D eigenvalue weighted by atomic mass is 9.86. The van der Waals surface area contributed by atoms with E-state index in [2.05, 4.69) is 9.47 Å². The second kappa shape index (κ2) is 6.80. The third-order valence-corrected chi connectivity index (χ3v) is 3.00. The Bertz CT molecular complexity index is 485. The number of para-hydroxylation sites is 1. The summed E-state index contributed by atoms with van der Waals surface area (Å²) in [7, 11) is 1.16. The van der Waals surface area contributed by atoms with Crippen LogP contribution in [0.1, 0.15) is 25.5 Å². The van der Waals surface area contributed by atoms with E-state index in [1.807, 2.05) is 0 Å². The molecule has 0 aliphatic heterocycles. The molecule has 0 aliphatic carbocycles. The third-order valence-electron chi connectivity index (χ3n) is 3.00. The molecule has 2 atom stereocenters. The molecule has 1 aromatic carbocycles. The van der Waals surface area contributed by atoms with E-state index < -0.39 is 30.1 Å². The topological polar surface area (TPSA) is 55.8 Å². The zero-order valence-electron chi connectivity index (χ0n) is 11.8. The third kappa shape index (κ3) is 4.63. The normalized spacial score (nSPS) is 14.7. The van der Waals surface area contributed by atoms with Crippen molar-refractivity contribution in [3.63, 3.8) is 0 Å². The van der Waals surface area contributed by atoms with Crippen LogP contribution in [0.15, 0.2) is 24.3 Å². The Labute approximate surface area is 120 Å². The van der Waals surface area contributed by atoms with E-state index in [0.29, 0.717) is 0 Å². The minimum absolute atomic E-state index is 0.112. The smallest absolute Gasteiger partial charge is 0.469 e. The summed E-state index contributed by atoms with van der Waals surface area (Å²) in [5, 5.41) is 10.3. The van der Waals surface area contributed by atoms with Gasteiger partial charge in [0, 0.05) is 5.56 Å². The Hall–Kier alpha value is -1.76. The Morgan fingerprint density at radius 3 is 2.29 bits per heavy atom.